The van der Waals surface area contributed by atoms with Crippen LogP contribution in [0.3, 0.4) is 0 Å². The second kappa shape index (κ2) is 9.88. The number of carbonyl (C=O) groups excluding carboxylic acids is 1. The van der Waals surface area contributed by atoms with E-state index in [0.29, 0.717) is 28.8 Å². The number of benzene rings is 3. The molecule has 142 valence electrons. The SMILES string of the molecule is O=C(NCc1ccccc1)c1cccc(NC(=S)NCc2ccc(Cl)cc2)c1. The highest BCUT2D eigenvalue weighted by atomic mass is 35.5. The Balaban J connectivity index is 1.52. The first-order chi connectivity index (χ1) is 13.6. The van der Waals surface area contributed by atoms with Gasteiger partial charge >= 0.3 is 0 Å². The van der Waals surface area contributed by atoms with Crippen LogP contribution in [0.5, 0.6) is 0 Å². The third-order valence-corrected chi connectivity index (χ3v) is 4.54. The van der Waals surface area contributed by atoms with Gasteiger partial charge in [0.15, 0.2) is 5.11 Å². The fourth-order valence-corrected chi connectivity index (χ4v) is 2.89. The lowest BCUT2D eigenvalue weighted by molar-refractivity contribution is 0.0951. The molecule has 0 unspecified atom stereocenters. The first-order valence-electron chi connectivity index (χ1n) is 8.81. The molecule has 0 spiro atoms. The number of halogens is 1. The summed E-state index contributed by atoms with van der Waals surface area (Å²) in [6.07, 6.45) is 0. The molecule has 0 aliphatic heterocycles. The Hall–Kier alpha value is -2.89. The minimum atomic E-state index is -0.132. The highest BCUT2D eigenvalue weighted by molar-refractivity contribution is 7.80. The summed E-state index contributed by atoms with van der Waals surface area (Å²) in [6, 6.07) is 24.6. The smallest absolute Gasteiger partial charge is 0.251 e. The number of amides is 1. The van der Waals surface area contributed by atoms with E-state index in [0.717, 1.165) is 16.8 Å². The molecule has 0 aromatic heterocycles. The molecule has 28 heavy (non-hydrogen) atoms. The zero-order chi connectivity index (χ0) is 19.8. The summed E-state index contributed by atoms with van der Waals surface area (Å²) in [5.41, 5.74) is 3.45. The van der Waals surface area contributed by atoms with Crippen molar-refractivity contribution in [3.05, 3.63) is 101 Å². The Bertz CT molecular complexity index is 946. The number of nitrogens with one attached hydrogen (secondary N) is 3. The number of carbonyl (C=O) groups is 1. The van der Waals surface area contributed by atoms with Crippen molar-refractivity contribution in [1.29, 1.82) is 0 Å². The Morgan fingerprint density at radius 1 is 0.821 bits per heavy atom. The molecule has 3 rings (SSSR count). The standard InChI is InChI=1S/C22H20ClN3OS/c23-19-11-9-17(10-12-19)15-25-22(28)26-20-8-4-7-18(13-20)21(27)24-14-16-5-2-1-3-6-16/h1-13H,14-15H2,(H,24,27)(H2,25,26,28). The van der Waals surface area contributed by atoms with Gasteiger partial charge in [0, 0.05) is 29.4 Å². The summed E-state index contributed by atoms with van der Waals surface area (Å²) in [5.74, 6) is -0.132. The Kier molecular flexibility index (Phi) is 7.00. The van der Waals surface area contributed by atoms with Crippen LogP contribution in [0.2, 0.25) is 5.02 Å². The van der Waals surface area contributed by atoms with Crippen LogP contribution in [0.25, 0.3) is 0 Å². The molecule has 0 fully saturated rings. The molecule has 0 bridgehead atoms. The Labute approximate surface area is 174 Å². The van der Waals surface area contributed by atoms with Gasteiger partial charge in [0.25, 0.3) is 5.91 Å². The fourth-order valence-electron chi connectivity index (χ4n) is 2.58. The monoisotopic (exact) mass is 409 g/mol. The van der Waals surface area contributed by atoms with Gasteiger partial charge < -0.3 is 16.0 Å². The lowest BCUT2D eigenvalue weighted by Gasteiger charge is -2.12. The zero-order valence-electron chi connectivity index (χ0n) is 15.1. The van der Waals surface area contributed by atoms with Gasteiger partial charge in [-0.3, -0.25) is 4.79 Å². The van der Waals surface area contributed by atoms with Crippen molar-refractivity contribution in [3.63, 3.8) is 0 Å². The minimum Gasteiger partial charge on any atom is -0.358 e. The van der Waals surface area contributed by atoms with Crippen LogP contribution in [-0.2, 0) is 13.1 Å². The predicted octanol–water partition coefficient (Wildman–Crippen LogP) is 4.76. The summed E-state index contributed by atoms with van der Waals surface area (Å²) < 4.78 is 0. The topological polar surface area (TPSA) is 53.2 Å². The maximum Gasteiger partial charge on any atom is 0.251 e. The minimum absolute atomic E-state index is 0.132. The number of rotatable bonds is 6. The van der Waals surface area contributed by atoms with E-state index in [4.69, 9.17) is 23.8 Å². The third kappa shape index (κ3) is 6.08. The van der Waals surface area contributed by atoms with Crippen LogP contribution in [0.1, 0.15) is 21.5 Å². The van der Waals surface area contributed by atoms with Gasteiger partial charge in [-0.1, -0.05) is 60.1 Å². The molecule has 0 saturated heterocycles. The molecule has 3 N–H and O–H groups in total. The van der Waals surface area contributed by atoms with Crippen molar-refractivity contribution in [2.24, 2.45) is 0 Å². The lowest BCUT2D eigenvalue weighted by atomic mass is 10.1. The molecule has 0 aliphatic carbocycles. The first kappa shape index (κ1) is 19.9. The van der Waals surface area contributed by atoms with Crippen LogP contribution >= 0.6 is 23.8 Å². The summed E-state index contributed by atoms with van der Waals surface area (Å²) in [6.45, 7) is 1.07. The van der Waals surface area contributed by atoms with E-state index in [1.165, 1.54) is 0 Å². The van der Waals surface area contributed by atoms with E-state index in [9.17, 15) is 4.79 Å². The van der Waals surface area contributed by atoms with Gasteiger partial charge in [-0.2, -0.15) is 0 Å². The average molecular weight is 410 g/mol. The molecule has 0 heterocycles. The molecule has 6 heteroatoms. The molecule has 3 aromatic rings. The Morgan fingerprint density at radius 3 is 2.25 bits per heavy atom. The molecular formula is C22H20ClN3OS. The second-order valence-electron chi connectivity index (χ2n) is 6.18. The van der Waals surface area contributed by atoms with E-state index in [1.807, 2.05) is 66.7 Å². The van der Waals surface area contributed by atoms with E-state index in [1.54, 1.807) is 12.1 Å². The van der Waals surface area contributed by atoms with Gasteiger partial charge in [0.05, 0.1) is 0 Å². The highest BCUT2D eigenvalue weighted by Crippen LogP contribution is 2.12. The van der Waals surface area contributed by atoms with Crippen molar-refractivity contribution in [1.82, 2.24) is 10.6 Å². The van der Waals surface area contributed by atoms with Gasteiger partial charge in [0.1, 0.15) is 0 Å². The van der Waals surface area contributed by atoms with Gasteiger partial charge in [-0.25, -0.2) is 0 Å². The lowest BCUT2D eigenvalue weighted by Crippen LogP contribution is -2.28. The molecule has 0 atom stereocenters. The summed E-state index contributed by atoms with van der Waals surface area (Å²) in [7, 11) is 0. The number of thiocarbonyl (C=S) groups is 1. The van der Waals surface area contributed by atoms with Gasteiger partial charge in [-0.05, 0) is 53.7 Å². The van der Waals surface area contributed by atoms with Crippen molar-refractivity contribution >= 4 is 40.5 Å². The van der Waals surface area contributed by atoms with E-state index < -0.39 is 0 Å². The van der Waals surface area contributed by atoms with Crippen molar-refractivity contribution in [2.75, 3.05) is 5.32 Å². The van der Waals surface area contributed by atoms with Crippen molar-refractivity contribution in [3.8, 4) is 0 Å². The van der Waals surface area contributed by atoms with Crippen LogP contribution in [0.15, 0.2) is 78.9 Å². The van der Waals surface area contributed by atoms with Crippen LogP contribution in [-0.4, -0.2) is 11.0 Å². The number of hydrogen-bond donors (Lipinski definition) is 3. The number of hydrogen-bond acceptors (Lipinski definition) is 2. The van der Waals surface area contributed by atoms with Crippen molar-refractivity contribution < 1.29 is 4.79 Å². The molecule has 0 saturated carbocycles. The summed E-state index contributed by atoms with van der Waals surface area (Å²) in [4.78, 5) is 12.4. The molecule has 3 aromatic carbocycles. The van der Waals surface area contributed by atoms with E-state index in [2.05, 4.69) is 16.0 Å². The van der Waals surface area contributed by atoms with E-state index >= 15 is 0 Å². The highest BCUT2D eigenvalue weighted by Gasteiger charge is 2.07. The maximum absolute atomic E-state index is 12.4. The fraction of sp³-hybridized carbons (Fsp3) is 0.0909. The molecule has 4 nitrogen and oxygen atoms in total. The summed E-state index contributed by atoms with van der Waals surface area (Å²) >= 11 is 11.2. The Morgan fingerprint density at radius 2 is 1.50 bits per heavy atom. The maximum atomic E-state index is 12.4. The largest absolute Gasteiger partial charge is 0.358 e. The van der Waals surface area contributed by atoms with Crippen LogP contribution < -0.4 is 16.0 Å². The molecular weight excluding hydrogens is 390 g/mol. The van der Waals surface area contributed by atoms with Gasteiger partial charge in [-0.15, -0.1) is 0 Å². The molecule has 1 amide bonds. The second-order valence-corrected chi connectivity index (χ2v) is 7.03. The molecule has 0 radical (unpaired) electrons. The predicted molar refractivity (Wildman–Crippen MR) is 119 cm³/mol. The summed E-state index contributed by atoms with van der Waals surface area (Å²) in [5, 5.41) is 10.4. The van der Waals surface area contributed by atoms with Crippen LogP contribution in [0.4, 0.5) is 5.69 Å². The first-order valence-corrected chi connectivity index (χ1v) is 9.60. The zero-order valence-corrected chi connectivity index (χ0v) is 16.7. The van der Waals surface area contributed by atoms with Crippen molar-refractivity contribution in [2.45, 2.75) is 13.1 Å². The normalized spacial score (nSPS) is 10.2. The quantitative estimate of drug-likeness (QED) is 0.514. The number of anilines is 1. The molecule has 0 aliphatic rings. The third-order valence-electron chi connectivity index (χ3n) is 4.04. The average Bonchev–Trinajstić information content (AvgIpc) is 2.72. The van der Waals surface area contributed by atoms with E-state index in [-0.39, 0.29) is 5.91 Å². The van der Waals surface area contributed by atoms with Gasteiger partial charge in [0.2, 0.25) is 0 Å². The van der Waals surface area contributed by atoms with Crippen LogP contribution in [0, 0.1) is 0 Å².